The molecule has 0 amide bonds. The van der Waals surface area contributed by atoms with Crippen LogP contribution in [0.3, 0.4) is 0 Å². The Balaban J connectivity index is 2.36. The highest BCUT2D eigenvalue weighted by Crippen LogP contribution is 2.32. The van der Waals surface area contributed by atoms with Gasteiger partial charge in [-0.1, -0.05) is 23.4 Å². The molecule has 94 valence electrons. The van der Waals surface area contributed by atoms with E-state index < -0.39 is 5.97 Å². The van der Waals surface area contributed by atoms with Crippen molar-refractivity contribution in [2.45, 2.75) is 9.79 Å². The van der Waals surface area contributed by atoms with Crippen molar-refractivity contribution in [2.75, 3.05) is 0 Å². The summed E-state index contributed by atoms with van der Waals surface area (Å²) in [4.78, 5) is 15.9. The first kappa shape index (κ1) is 13.4. The number of nitriles is 1. The Bertz CT molecular complexity index is 683. The summed E-state index contributed by atoms with van der Waals surface area (Å²) in [6.45, 7) is 0. The lowest BCUT2D eigenvalue weighted by Crippen LogP contribution is -1.99. The van der Waals surface area contributed by atoms with Crippen molar-refractivity contribution in [2.24, 2.45) is 0 Å². The number of carboxylic acid groups (broad SMARTS) is 1. The van der Waals surface area contributed by atoms with Crippen LogP contribution >= 0.6 is 23.4 Å². The molecule has 1 heterocycles. The zero-order valence-electron chi connectivity index (χ0n) is 9.50. The van der Waals surface area contributed by atoms with Gasteiger partial charge in [0.1, 0.15) is 11.8 Å². The maximum absolute atomic E-state index is 10.8. The Morgan fingerprint density at radius 3 is 2.84 bits per heavy atom. The molecular weight excluding hydrogens is 284 g/mol. The second-order valence-electron chi connectivity index (χ2n) is 3.54. The first-order valence-corrected chi connectivity index (χ1v) is 6.36. The number of rotatable bonds is 3. The third-order valence-corrected chi connectivity index (χ3v) is 3.52. The molecule has 0 aliphatic rings. The molecule has 0 fully saturated rings. The Hall–Kier alpha value is -2.03. The molecule has 0 unspecified atom stereocenters. The molecule has 1 N–H and O–H groups in total. The number of pyridine rings is 1. The highest BCUT2D eigenvalue weighted by molar-refractivity contribution is 7.99. The molecule has 4 nitrogen and oxygen atoms in total. The lowest BCUT2D eigenvalue weighted by molar-refractivity contribution is 0.0690. The number of hydrogen-bond donors (Lipinski definition) is 1. The van der Waals surface area contributed by atoms with Gasteiger partial charge in [0, 0.05) is 21.0 Å². The quantitative estimate of drug-likeness (QED) is 0.937. The zero-order valence-corrected chi connectivity index (χ0v) is 11.1. The van der Waals surface area contributed by atoms with Crippen LogP contribution in [0.15, 0.2) is 46.3 Å². The number of aromatic nitrogens is 1. The maximum Gasteiger partial charge on any atom is 0.354 e. The summed E-state index contributed by atoms with van der Waals surface area (Å²) in [5.41, 5.74) is 0.452. The fourth-order valence-corrected chi connectivity index (χ4v) is 2.59. The van der Waals surface area contributed by atoms with Crippen LogP contribution in [0.5, 0.6) is 0 Å². The molecule has 0 aliphatic heterocycles. The largest absolute Gasteiger partial charge is 0.477 e. The second kappa shape index (κ2) is 5.74. The van der Waals surface area contributed by atoms with E-state index in [2.05, 4.69) is 11.1 Å². The zero-order chi connectivity index (χ0) is 13.8. The average Bonchev–Trinajstić information content (AvgIpc) is 2.39. The number of carbonyl (C=O) groups is 1. The minimum atomic E-state index is -1.09. The summed E-state index contributed by atoms with van der Waals surface area (Å²) in [7, 11) is 0. The van der Waals surface area contributed by atoms with Crippen LogP contribution in [0.4, 0.5) is 0 Å². The Morgan fingerprint density at radius 2 is 2.16 bits per heavy atom. The van der Waals surface area contributed by atoms with Crippen molar-refractivity contribution in [3.05, 3.63) is 52.8 Å². The highest BCUT2D eigenvalue weighted by atomic mass is 35.5. The van der Waals surface area contributed by atoms with Crippen molar-refractivity contribution in [3.8, 4) is 6.07 Å². The number of nitrogens with zero attached hydrogens (tertiary/aromatic N) is 2. The van der Waals surface area contributed by atoms with Gasteiger partial charge < -0.3 is 5.11 Å². The van der Waals surface area contributed by atoms with E-state index in [0.29, 0.717) is 20.4 Å². The van der Waals surface area contributed by atoms with Crippen LogP contribution in [-0.2, 0) is 0 Å². The SMILES string of the molecule is N#Cc1ccc(Cl)cc1Sc1ccnc(C(=O)O)c1. The van der Waals surface area contributed by atoms with Crippen LogP contribution in [0.1, 0.15) is 16.1 Å². The van der Waals surface area contributed by atoms with E-state index in [-0.39, 0.29) is 5.69 Å². The molecule has 0 atom stereocenters. The topological polar surface area (TPSA) is 74.0 Å². The van der Waals surface area contributed by atoms with Gasteiger partial charge in [0.2, 0.25) is 0 Å². The van der Waals surface area contributed by atoms with Crippen LogP contribution < -0.4 is 0 Å². The van der Waals surface area contributed by atoms with E-state index in [0.717, 1.165) is 0 Å². The number of benzene rings is 1. The Morgan fingerprint density at radius 1 is 1.37 bits per heavy atom. The summed E-state index contributed by atoms with van der Waals surface area (Å²) in [6.07, 6.45) is 1.42. The standard InChI is InChI=1S/C13H7ClN2O2S/c14-9-2-1-8(7-15)12(5-9)19-10-3-4-16-11(6-10)13(17)18/h1-6H,(H,17,18). The molecule has 6 heteroatoms. The Kier molecular flexibility index (Phi) is 4.05. The predicted molar refractivity (Wildman–Crippen MR) is 71.5 cm³/mol. The first-order chi connectivity index (χ1) is 9.10. The minimum Gasteiger partial charge on any atom is -0.477 e. The molecule has 0 aliphatic carbocycles. The van der Waals surface area contributed by atoms with Crippen molar-refractivity contribution >= 4 is 29.3 Å². The molecule has 0 saturated carbocycles. The van der Waals surface area contributed by atoms with E-state index >= 15 is 0 Å². The van der Waals surface area contributed by atoms with E-state index in [9.17, 15) is 4.79 Å². The van der Waals surface area contributed by atoms with Crippen LogP contribution in [0.25, 0.3) is 0 Å². The van der Waals surface area contributed by atoms with E-state index in [1.54, 1.807) is 24.3 Å². The third-order valence-electron chi connectivity index (χ3n) is 2.24. The molecule has 0 saturated heterocycles. The smallest absolute Gasteiger partial charge is 0.354 e. The third kappa shape index (κ3) is 3.25. The first-order valence-electron chi connectivity index (χ1n) is 5.17. The summed E-state index contributed by atoms with van der Waals surface area (Å²) >= 11 is 7.17. The summed E-state index contributed by atoms with van der Waals surface area (Å²) < 4.78 is 0. The van der Waals surface area contributed by atoms with Crippen molar-refractivity contribution < 1.29 is 9.90 Å². The number of carboxylic acids is 1. The van der Waals surface area contributed by atoms with Gasteiger partial charge in [0.15, 0.2) is 0 Å². The van der Waals surface area contributed by atoms with Gasteiger partial charge in [-0.25, -0.2) is 9.78 Å². The van der Waals surface area contributed by atoms with Crippen LogP contribution in [-0.4, -0.2) is 16.1 Å². The van der Waals surface area contributed by atoms with E-state index in [1.807, 2.05) is 0 Å². The highest BCUT2D eigenvalue weighted by Gasteiger charge is 2.09. The van der Waals surface area contributed by atoms with Crippen molar-refractivity contribution in [1.82, 2.24) is 4.98 Å². The molecule has 19 heavy (non-hydrogen) atoms. The molecule has 0 bridgehead atoms. The summed E-state index contributed by atoms with van der Waals surface area (Å²) in [5.74, 6) is -1.09. The molecule has 0 spiro atoms. The molecule has 2 rings (SSSR count). The molecule has 1 aromatic heterocycles. The van der Waals surface area contributed by atoms with Gasteiger partial charge in [-0.3, -0.25) is 0 Å². The molecule has 1 aromatic carbocycles. The maximum atomic E-state index is 10.8. The minimum absolute atomic E-state index is 0.0365. The summed E-state index contributed by atoms with van der Waals surface area (Å²) in [6, 6.07) is 10.1. The number of aromatic carboxylic acids is 1. The van der Waals surface area contributed by atoms with Gasteiger partial charge in [-0.15, -0.1) is 0 Å². The van der Waals surface area contributed by atoms with Crippen molar-refractivity contribution in [3.63, 3.8) is 0 Å². The molecule has 2 aromatic rings. The predicted octanol–water partition coefficient (Wildman–Crippen LogP) is 3.46. The van der Waals surface area contributed by atoms with E-state index in [4.69, 9.17) is 22.0 Å². The number of hydrogen-bond acceptors (Lipinski definition) is 4. The fraction of sp³-hybridized carbons (Fsp3) is 0. The molecular formula is C13H7ClN2O2S. The van der Waals surface area contributed by atoms with Gasteiger partial charge >= 0.3 is 5.97 Å². The number of halogens is 1. The second-order valence-corrected chi connectivity index (χ2v) is 5.09. The lowest BCUT2D eigenvalue weighted by atomic mass is 10.2. The fourth-order valence-electron chi connectivity index (χ4n) is 1.39. The lowest BCUT2D eigenvalue weighted by Gasteiger charge is -2.05. The van der Waals surface area contributed by atoms with Crippen LogP contribution in [0.2, 0.25) is 5.02 Å². The van der Waals surface area contributed by atoms with Gasteiger partial charge in [0.25, 0.3) is 0 Å². The van der Waals surface area contributed by atoms with E-state index in [1.165, 1.54) is 24.0 Å². The normalized spacial score (nSPS) is 9.89. The monoisotopic (exact) mass is 290 g/mol. The molecule has 0 radical (unpaired) electrons. The Labute approximate surface area is 118 Å². The van der Waals surface area contributed by atoms with Crippen LogP contribution in [0, 0.1) is 11.3 Å². The summed E-state index contributed by atoms with van der Waals surface area (Å²) in [5, 5.41) is 18.4. The van der Waals surface area contributed by atoms with Crippen molar-refractivity contribution in [1.29, 1.82) is 5.26 Å². The van der Waals surface area contributed by atoms with Gasteiger partial charge in [-0.05, 0) is 30.3 Å². The van der Waals surface area contributed by atoms with Gasteiger partial charge in [0.05, 0.1) is 5.56 Å². The average molecular weight is 291 g/mol. The van der Waals surface area contributed by atoms with Gasteiger partial charge in [-0.2, -0.15) is 5.26 Å².